The number of rotatable bonds is 7. The third-order valence-electron chi connectivity index (χ3n) is 5.46. The van der Waals surface area contributed by atoms with Crippen molar-refractivity contribution in [2.75, 3.05) is 20.1 Å². The average Bonchev–Trinajstić information content (AvgIpc) is 3.07. The van der Waals surface area contributed by atoms with Gasteiger partial charge in [-0.3, -0.25) is 9.80 Å². The Morgan fingerprint density at radius 1 is 1.36 bits per heavy atom. The maximum atomic E-state index is 5.74. The van der Waals surface area contributed by atoms with E-state index in [1.165, 1.54) is 12.8 Å². The molecule has 2 aromatic heterocycles. The van der Waals surface area contributed by atoms with E-state index in [0.717, 1.165) is 55.8 Å². The second kappa shape index (κ2) is 6.88. The number of hydrogen-bond acceptors (Lipinski definition) is 7. The van der Waals surface area contributed by atoms with Gasteiger partial charge in [0, 0.05) is 31.5 Å². The van der Waals surface area contributed by atoms with Gasteiger partial charge in [-0.15, -0.1) is 0 Å². The van der Waals surface area contributed by atoms with E-state index in [9.17, 15) is 0 Å². The van der Waals surface area contributed by atoms with Gasteiger partial charge in [0.1, 0.15) is 5.76 Å². The van der Waals surface area contributed by atoms with Crippen LogP contribution in [0.3, 0.4) is 0 Å². The Kier molecular flexibility index (Phi) is 4.60. The van der Waals surface area contributed by atoms with Crippen molar-refractivity contribution in [1.82, 2.24) is 24.9 Å². The Hall–Kier alpha value is -1.73. The van der Waals surface area contributed by atoms with Gasteiger partial charge in [0.15, 0.2) is 5.82 Å². The van der Waals surface area contributed by atoms with Crippen molar-refractivity contribution in [1.29, 1.82) is 0 Å². The molecule has 1 aliphatic heterocycles. The number of aryl methyl sites for hydroxylation is 1. The summed E-state index contributed by atoms with van der Waals surface area (Å²) in [6.45, 7) is 7.03. The number of likely N-dealkylation sites (N-methyl/N-ethyl adjacent to an activating group) is 1. The molecule has 2 atom stereocenters. The first-order chi connectivity index (χ1) is 12.1. The van der Waals surface area contributed by atoms with Crippen molar-refractivity contribution in [2.45, 2.75) is 64.1 Å². The molecule has 0 bridgehead atoms. The molecule has 0 aromatic carbocycles. The van der Waals surface area contributed by atoms with Crippen LogP contribution in [-0.4, -0.2) is 51.1 Å². The zero-order valence-electron chi connectivity index (χ0n) is 15.3. The summed E-state index contributed by atoms with van der Waals surface area (Å²) >= 11 is 0. The smallest absolute Gasteiger partial charge is 0.243 e. The van der Waals surface area contributed by atoms with Gasteiger partial charge in [-0.1, -0.05) is 12.1 Å². The van der Waals surface area contributed by atoms with Crippen LogP contribution in [0.1, 0.15) is 68.4 Å². The molecule has 136 valence electrons. The molecule has 0 spiro atoms. The summed E-state index contributed by atoms with van der Waals surface area (Å²) in [5.41, 5.74) is 0. The molecule has 0 amide bonds. The number of nitrogens with zero attached hydrogens (tertiary/aromatic N) is 5. The normalized spacial score (nSPS) is 22.8. The van der Waals surface area contributed by atoms with Crippen molar-refractivity contribution >= 4 is 0 Å². The number of hydrogen-bond donors (Lipinski definition) is 0. The monoisotopic (exact) mass is 345 g/mol. The zero-order chi connectivity index (χ0) is 17.4. The molecule has 2 aromatic rings. The molecule has 0 radical (unpaired) electrons. The molecule has 2 fully saturated rings. The maximum absolute atomic E-state index is 5.74. The lowest BCUT2D eigenvalue weighted by molar-refractivity contribution is 0.172. The first-order valence-corrected chi connectivity index (χ1v) is 9.35. The van der Waals surface area contributed by atoms with Gasteiger partial charge in [-0.25, -0.2) is 4.98 Å². The lowest BCUT2D eigenvalue weighted by Crippen LogP contribution is -2.35. The quantitative estimate of drug-likeness (QED) is 0.764. The maximum Gasteiger partial charge on any atom is 0.243 e. The minimum atomic E-state index is 0.173. The van der Waals surface area contributed by atoms with Gasteiger partial charge in [-0.05, 0) is 33.2 Å². The topological polar surface area (TPSA) is 71.4 Å². The molecule has 1 saturated heterocycles. The Bertz CT molecular complexity index is 708. The van der Waals surface area contributed by atoms with E-state index in [-0.39, 0.29) is 6.04 Å². The molecular formula is C18H27N5O2. The molecule has 7 heteroatoms. The van der Waals surface area contributed by atoms with E-state index in [1.807, 2.05) is 6.20 Å². The summed E-state index contributed by atoms with van der Waals surface area (Å²) in [5.74, 6) is 3.94. The van der Waals surface area contributed by atoms with E-state index < -0.39 is 0 Å². The summed E-state index contributed by atoms with van der Waals surface area (Å²) < 4.78 is 11.2. The fraction of sp³-hybridized carbons (Fsp3) is 0.722. The van der Waals surface area contributed by atoms with Gasteiger partial charge in [-0.2, -0.15) is 4.98 Å². The van der Waals surface area contributed by atoms with Crippen LogP contribution in [0.25, 0.3) is 0 Å². The van der Waals surface area contributed by atoms with Gasteiger partial charge in [0.25, 0.3) is 0 Å². The molecule has 25 heavy (non-hydrogen) atoms. The second-order valence-electron chi connectivity index (χ2n) is 7.37. The molecule has 1 saturated carbocycles. The molecule has 3 heterocycles. The predicted octanol–water partition coefficient (Wildman–Crippen LogP) is 2.76. The highest BCUT2D eigenvalue weighted by molar-refractivity contribution is 5.05. The summed E-state index contributed by atoms with van der Waals surface area (Å²) in [5, 5.41) is 4.15. The highest BCUT2D eigenvalue weighted by atomic mass is 16.5. The lowest BCUT2D eigenvalue weighted by atomic mass is 10.2. The first-order valence-electron chi connectivity index (χ1n) is 9.35. The van der Waals surface area contributed by atoms with Crippen LogP contribution in [0.2, 0.25) is 0 Å². The van der Waals surface area contributed by atoms with E-state index in [2.05, 4.69) is 45.8 Å². The van der Waals surface area contributed by atoms with E-state index in [1.54, 1.807) is 0 Å². The third-order valence-corrected chi connectivity index (χ3v) is 5.46. The largest absolute Gasteiger partial charge is 0.444 e. The first kappa shape index (κ1) is 16.7. The average molecular weight is 345 g/mol. The van der Waals surface area contributed by atoms with Crippen molar-refractivity contribution in [3.63, 3.8) is 0 Å². The number of oxazole rings is 1. The second-order valence-corrected chi connectivity index (χ2v) is 7.37. The molecule has 2 aliphatic rings. The summed E-state index contributed by atoms with van der Waals surface area (Å²) in [7, 11) is 2.15. The van der Waals surface area contributed by atoms with Crippen LogP contribution < -0.4 is 0 Å². The SMILES string of the molecule is CCc1cnc(CN(C)[C@H]2CCN([C@@H](C)c3nc(C4CC4)no3)C2)o1. The van der Waals surface area contributed by atoms with Crippen molar-refractivity contribution in [3.05, 3.63) is 29.6 Å². The Morgan fingerprint density at radius 3 is 2.92 bits per heavy atom. The minimum Gasteiger partial charge on any atom is -0.444 e. The van der Waals surface area contributed by atoms with E-state index >= 15 is 0 Å². The number of aromatic nitrogens is 3. The van der Waals surface area contributed by atoms with Crippen LogP contribution in [0.5, 0.6) is 0 Å². The predicted molar refractivity (Wildman–Crippen MR) is 92.0 cm³/mol. The van der Waals surface area contributed by atoms with E-state index in [0.29, 0.717) is 12.0 Å². The van der Waals surface area contributed by atoms with Crippen LogP contribution in [-0.2, 0) is 13.0 Å². The fourth-order valence-corrected chi connectivity index (χ4v) is 3.49. The summed E-state index contributed by atoms with van der Waals surface area (Å²) in [4.78, 5) is 13.7. The van der Waals surface area contributed by atoms with Crippen LogP contribution in [0.15, 0.2) is 15.1 Å². The van der Waals surface area contributed by atoms with Gasteiger partial charge in [0.2, 0.25) is 11.8 Å². The Morgan fingerprint density at radius 2 is 2.20 bits per heavy atom. The van der Waals surface area contributed by atoms with Crippen LogP contribution in [0.4, 0.5) is 0 Å². The minimum absolute atomic E-state index is 0.173. The zero-order valence-corrected chi connectivity index (χ0v) is 15.3. The lowest BCUT2D eigenvalue weighted by Gasteiger charge is -2.25. The highest BCUT2D eigenvalue weighted by Crippen LogP contribution is 2.38. The molecule has 7 nitrogen and oxygen atoms in total. The summed E-state index contributed by atoms with van der Waals surface area (Å²) in [6.07, 6.45) is 6.25. The van der Waals surface area contributed by atoms with Crippen molar-refractivity contribution in [3.8, 4) is 0 Å². The van der Waals surface area contributed by atoms with Gasteiger partial charge >= 0.3 is 0 Å². The highest BCUT2D eigenvalue weighted by Gasteiger charge is 2.34. The summed E-state index contributed by atoms with van der Waals surface area (Å²) in [6, 6.07) is 0.664. The molecule has 4 rings (SSSR count). The Labute approximate surface area is 148 Å². The molecule has 0 N–H and O–H groups in total. The van der Waals surface area contributed by atoms with Crippen molar-refractivity contribution in [2.24, 2.45) is 0 Å². The molecule has 0 unspecified atom stereocenters. The van der Waals surface area contributed by atoms with Crippen LogP contribution >= 0.6 is 0 Å². The van der Waals surface area contributed by atoms with Crippen LogP contribution in [0, 0.1) is 0 Å². The van der Waals surface area contributed by atoms with Crippen molar-refractivity contribution < 1.29 is 8.94 Å². The molecule has 1 aliphatic carbocycles. The third kappa shape index (κ3) is 3.62. The Balaban J connectivity index is 1.33. The number of likely N-dealkylation sites (tertiary alicyclic amines) is 1. The molecular weight excluding hydrogens is 318 g/mol. The fourth-order valence-electron chi connectivity index (χ4n) is 3.49. The standard InChI is InChI=1S/C18H27N5O2/c1-4-15-9-19-16(24-15)11-22(3)14-7-8-23(10-14)12(2)18-20-17(21-25-18)13-5-6-13/h9,12-14H,4-8,10-11H2,1-3H3/t12-,14-/m0/s1. The van der Waals surface area contributed by atoms with Gasteiger partial charge in [0.05, 0.1) is 18.8 Å². The van der Waals surface area contributed by atoms with E-state index in [4.69, 9.17) is 8.94 Å². The van der Waals surface area contributed by atoms with Gasteiger partial charge < -0.3 is 8.94 Å².